The van der Waals surface area contributed by atoms with Crippen molar-refractivity contribution >= 4 is 24.0 Å². The van der Waals surface area contributed by atoms with Crippen molar-refractivity contribution in [1.82, 2.24) is 4.90 Å². The van der Waals surface area contributed by atoms with Crippen LogP contribution in [0.4, 0.5) is 10.5 Å². The normalized spacial score (nSPS) is 14.7. The number of nitrogens with zero attached hydrogens (tertiary/aromatic N) is 2. The van der Waals surface area contributed by atoms with Crippen LogP contribution in [-0.2, 0) is 9.47 Å². The van der Waals surface area contributed by atoms with Crippen molar-refractivity contribution in [3.63, 3.8) is 0 Å². The highest BCUT2D eigenvalue weighted by atomic mass is 16.6. The second kappa shape index (κ2) is 9.85. The number of carbonyl (C=O) groups is 3. The van der Waals surface area contributed by atoms with Gasteiger partial charge in [-0.05, 0) is 46.9 Å². The van der Waals surface area contributed by atoms with E-state index in [1.165, 1.54) is 29.4 Å². The number of anilines is 1. The van der Waals surface area contributed by atoms with E-state index in [-0.39, 0.29) is 18.6 Å². The fraction of sp³-hybridized carbons (Fsp3) is 0.276. The largest absolute Gasteiger partial charge is 0.465 e. The van der Waals surface area contributed by atoms with Gasteiger partial charge in [-0.3, -0.25) is 4.79 Å². The van der Waals surface area contributed by atoms with Gasteiger partial charge in [0.1, 0.15) is 12.9 Å². The Morgan fingerprint density at radius 3 is 2.14 bits per heavy atom. The minimum Gasteiger partial charge on any atom is -0.465 e. The summed E-state index contributed by atoms with van der Waals surface area (Å²) in [6.45, 7) is 4.24. The van der Waals surface area contributed by atoms with Crippen LogP contribution in [-0.4, -0.2) is 63.1 Å². The van der Waals surface area contributed by atoms with Gasteiger partial charge in [-0.2, -0.15) is 0 Å². The summed E-state index contributed by atoms with van der Waals surface area (Å²) in [4.78, 5) is 40.4. The van der Waals surface area contributed by atoms with E-state index in [4.69, 9.17) is 9.47 Å². The third-order valence-electron chi connectivity index (χ3n) is 7.18. The van der Waals surface area contributed by atoms with Crippen LogP contribution in [0.15, 0.2) is 60.7 Å². The summed E-state index contributed by atoms with van der Waals surface area (Å²) in [5.41, 5.74) is 7.14. The zero-order valence-electron chi connectivity index (χ0n) is 20.4. The summed E-state index contributed by atoms with van der Waals surface area (Å²) in [7, 11) is 1.32. The number of esters is 1. The number of fused-ring (bicyclic) bond motifs is 3. The number of hydrogen-bond acceptors (Lipinski definition) is 6. The van der Waals surface area contributed by atoms with Gasteiger partial charge >= 0.3 is 12.1 Å². The summed E-state index contributed by atoms with van der Waals surface area (Å²) in [5, 5.41) is 0. The van der Waals surface area contributed by atoms with E-state index >= 15 is 0 Å². The Balaban J connectivity index is 1.25. The van der Waals surface area contributed by atoms with Gasteiger partial charge in [0.15, 0.2) is 0 Å². The third-order valence-corrected chi connectivity index (χ3v) is 7.18. The van der Waals surface area contributed by atoms with Crippen molar-refractivity contribution in [3.8, 4) is 11.1 Å². The number of piperazine rings is 1. The van der Waals surface area contributed by atoms with Crippen LogP contribution in [0, 0.1) is 6.92 Å². The van der Waals surface area contributed by atoms with Crippen molar-refractivity contribution in [2.24, 2.45) is 0 Å². The quantitative estimate of drug-likeness (QED) is 0.387. The van der Waals surface area contributed by atoms with Crippen molar-refractivity contribution in [2.45, 2.75) is 12.8 Å². The number of methoxy groups -OCH3 is 1. The van der Waals surface area contributed by atoms with E-state index in [1.807, 2.05) is 31.2 Å². The number of carbonyl (C=O) groups excluding carboxylic acids is 3. The predicted molar refractivity (Wildman–Crippen MR) is 137 cm³/mol. The molecule has 184 valence electrons. The average molecular weight is 485 g/mol. The van der Waals surface area contributed by atoms with Gasteiger partial charge in [0.25, 0.3) is 0 Å². The first-order valence-corrected chi connectivity index (χ1v) is 12.0. The standard InChI is InChI=1S/C29H28N2O5/c1-19-21(17-32)15-20(28(33)35-2)16-27(19)30-11-13-31(14-12-30)29(34)36-18-26-24-9-5-3-7-22(24)23-8-4-6-10-25(23)26/h3-10,15-17,26H,11-14,18H2,1-2H3. The minimum absolute atomic E-state index is 0.0214. The maximum Gasteiger partial charge on any atom is 0.409 e. The Kier molecular flexibility index (Phi) is 6.46. The molecule has 0 unspecified atom stereocenters. The van der Waals surface area contributed by atoms with Crippen LogP contribution in [0.1, 0.15) is 43.3 Å². The Morgan fingerprint density at radius 2 is 1.56 bits per heavy atom. The van der Waals surface area contributed by atoms with E-state index in [0.29, 0.717) is 37.3 Å². The molecule has 7 heteroatoms. The van der Waals surface area contributed by atoms with Gasteiger partial charge in [-0.1, -0.05) is 48.5 Å². The molecular formula is C29H28N2O5. The van der Waals surface area contributed by atoms with E-state index in [2.05, 4.69) is 29.2 Å². The lowest BCUT2D eigenvalue weighted by Crippen LogP contribution is -2.49. The van der Waals surface area contributed by atoms with E-state index in [0.717, 1.165) is 17.5 Å². The molecule has 5 rings (SSSR count). The number of hydrogen-bond donors (Lipinski definition) is 0. The molecule has 1 heterocycles. The molecule has 1 amide bonds. The summed E-state index contributed by atoms with van der Waals surface area (Å²) >= 11 is 0. The van der Waals surface area contributed by atoms with Crippen LogP contribution >= 0.6 is 0 Å². The number of amides is 1. The van der Waals surface area contributed by atoms with E-state index < -0.39 is 5.97 Å². The number of benzene rings is 3. The molecule has 0 N–H and O–H groups in total. The van der Waals surface area contributed by atoms with Crippen molar-refractivity contribution in [1.29, 1.82) is 0 Å². The summed E-state index contributed by atoms with van der Waals surface area (Å²) in [5.74, 6) is -0.468. The van der Waals surface area contributed by atoms with Crippen molar-refractivity contribution in [2.75, 3.05) is 44.8 Å². The zero-order valence-corrected chi connectivity index (χ0v) is 20.4. The lowest BCUT2D eigenvalue weighted by molar-refractivity contribution is 0.0600. The van der Waals surface area contributed by atoms with Crippen LogP contribution in [0.3, 0.4) is 0 Å². The summed E-state index contributed by atoms with van der Waals surface area (Å²) in [6, 6.07) is 19.8. The van der Waals surface area contributed by atoms with E-state index in [9.17, 15) is 14.4 Å². The Labute approximate surface area is 210 Å². The molecule has 0 bridgehead atoms. The van der Waals surface area contributed by atoms with Crippen LogP contribution < -0.4 is 4.90 Å². The molecule has 3 aromatic carbocycles. The van der Waals surface area contributed by atoms with E-state index in [1.54, 1.807) is 17.0 Å². The Bertz CT molecular complexity index is 1280. The van der Waals surface area contributed by atoms with Gasteiger partial charge < -0.3 is 19.3 Å². The Morgan fingerprint density at radius 1 is 0.944 bits per heavy atom. The fourth-order valence-corrected chi connectivity index (χ4v) is 5.22. The lowest BCUT2D eigenvalue weighted by atomic mass is 9.98. The third kappa shape index (κ3) is 4.21. The first-order chi connectivity index (χ1) is 17.5. The molecule has 0 radical (unpaired) electrons. The molecule has 1 aliphatic heterocycles. The van der Waals surface area contributed by atoms with Crippen molar-refractivity contribution in [3.05, 3.63) is 88.5 Å². The summed E-state index contributed by atoms with van der Waals surface area (Å²) < 4.78 is 10.6. The number of aldehydes is 1. The molecule has 1 saturated heterocycles. The smallest absolute Gasteiger partial charge is 0.409 e. The molecule has 3 aromatic rings. The second-order valence-electron chi connectivity index (χ2n) is 9.10. The van der Waals surface area contributed by atoms with Gasteiger partial charge in [0.2, 0.25) is 0 Å². The van der Waals surface area contributed by atoms with Crippen LogP contribution in [0.5, 0.6) is 0 Å². The maximum absolute atomic E-state index is 12.9. The molecule has 2 aliphatic rings. The lowest BCUT2D eigenvalue weighted by Gasteiger charge is -2.36. The molecule has 1 fully saturated rings. The molecule has 36 heavy (non-hydrogen) atoms. The van der Waals surface area contributed by atoms with Crippen LogP contribution in [0.2, 0.25) is 0 Å². The van der Waals surface area contributed by atoms with Crippen molar-refractivity contribution < 1.29 is 23.9 Å². The topological polar surface area (TPSA) is 76.2 Å². The molecule has 0 aromatic heterocycles. The highest BCUT2D eigenvalue weighted by molar-refractivity contribution is 5.94. The number of ether oxygens (including phenoxy) is 2. The first-order valence-electron chi connectivity index (χ1n) is 12.0. The van der Waals surface area contributed by atoms with Gasteiger partial charge in [0, 0.05) is 43.3 Å². The highest BCUT2D eigenvalue weighted by Gasteiger charge is 2.30. The minimum atomic E-state index is -0.489. The monoisotopic (exact) mass is 484 g/mol. The molecule has 0 atom stereocenters. The maximum atomic E-state index is 12.9. The van der Waals surface area contributed by atoms with Gasteiger partial charge in [0.05, 0.1) is 12.7 Å². The predicted octanol–water partition coefficient (Wildman–Crippen LogP) is 4.67. The molecule has 0 spiro atoms. The molecular weight excluding hydrogens is 456 g/mol. The second-order valence-corrected chi connectivity index (χ2v) is 9.10. The first kappa shape index (κ1) is 23.6. The van der Waals surface area contributed by atoms with Crippen LogP contribution in [0.25, 0.3) is 11.1 Å². The average Bonchev–Trinajstić information content (AvgIpc) is 3.25. The Hall–Kier alpha value is -4.13. The number of rotatable bonds is 5. The zero-order chi connectivity index (χ0) is 25.2. The summed E-state index contributed by atoms with van der Waals surface area (Å²) in [6.07, 6.45) is 0.420. The fourth-order valence-electron chi connectivity index (χ4n) is 5.22. The molecule has 1 aliphatic carbocycles. The SMILES string of the molecule is COC(=O)c1cc(C=O)c(C)c(N2CCN(C(=O)OCC3c4ccccc4-c4ccccc43)CC2)c1. The molecule has 7 nitrogen and oxygen atoms in total. The van der Waals surface area contributed by atoms with Gasteiger partial charge in [-0.25, -0.2) is 9.59 Å². The highest BCUT2D eigenvalue weighted by Crippen LogP contribution is 2.44. The molecule has 0 saturated carbocycles. The van der Waals surface area contributed by atoms with Gasteiger partial charge in [-0.15, -0.1) is 0 Å².